The van der Waals surface area contributed by atoms with E-state index in [1.165, 1.54) is 38.8 Å². The minimum atomic E-state index is -2.50. The number of anilines is 5. The number of nitrogens with one attached hydrogen (secondary N) is 2. The van der Waals surface area contributed by atoms with Crippen LogP contribution in [-0.4, -0.2) is 67.5 Å². The van der Waals surface area contributed by atoms with Crippen molar-refractivity contribution in [2.75, 3.05) is 62.2 Å². The van der Waals surface area contributed by atoms with Crippen molar-refractivity contribution in [2.45, 2.75) is 31.7 Å². The summed E-state index contributed by atoms with van der Waals surface area (Å²) >= 11 is 6.42. The lowest BCUT2D eigenvalue weighted by atomic mass is 10.0. The summed E-state index contributed by atoms with van der Waals surface area (Å²) in [6.07, 6.45) is 6.63. The first kappa shape index (κ1) is 26.8. The van der Waals surface area contributed by atoms with Crippen LogP contribution < -0.4 is 25.6 Å². The van der Waals surface area contributed by atoms with Crippen LogP contribution in [0.3, 0.4) is 0 Å². The number of benzene rings is 2. The molecule has 2 N–H and O–H groups in total. The Morgan fingerprint density at radius 3 is 2.45 bits per heavy atom. The second kappa shape index (κ2) is 11.5. The summed E-state index contributed by atoms with van der Waals surface area (Å²) < 4.78 is 18.5. The number of hydrogen-bond donors (Lipinski definition) is 2. The summed E-state index contributed by atoms with van der Waals surface area (Å²) in [5.74, 6) is 1.53. The Bertz CT molecular complexity index is 1320. The summed E-state index contributed by atoms with van der Waals surface area (Å²) in [6.45, 7) is 8.11. The van der Waals surface area contributed by atoms with Crippen molar-refractivity contribution < 1.29 is 9.30 Å². The van der Waals surface area contributed by atoms with Crippen molar-refractivity contribution >= 4 is 52.9 Å². The fourth-order valence-electron chi connectivity index (χ4n) is 5.39. The highest BCUT2D eigenvalue weighted by atomic mass is 35.5. The predicted octanol–water partition coefficient (Wildman–Crippen LogP) is 5.94. The van der Waals surface area contributed by atoms with E-state index in [0.29, 0.717) is 22.5 Å². The van der Waals surface area contributed by atoms with E-state index in [4.69, 9.17) is 16.3 Å². The van der Waals surface area contributed by atoms with E-state index in [0.717, 1.165) is 41.6 Å². The summed E-state index contributed by atoms with van der Waals surface area (Å²) in [5.41, 5.74) is 2.64. The summed E-state index contributed by atoms with van der Waals surface area (Å²) in [5, 5.41) is 7.62. The lowest BCUT2D eigenvalue weighted by molar-refractivity contribution is 0.208. The SMILES string of the molecule is COc1cc(N2CCC(N3CCCC3)CC2)ccc1Nc1ncc(Cl)c(Nc2ccccc2P(C)(C)=O)n1. The van der Waals surface area contributed by atoms with Gasteiger partial charge in [-0.25, -0.2) is 4.98 Å². The van der Waals surface area contributed by atoms with E-state index >= 15 is 0 Å². The molecule has 2 aromatic carbocycles. The van der Waals surface area contributed by atoms with Crippen LogP contribution in [-0.2, 0) is 4.57 Å². The van der Waals surface area contributed by atoms with Crippen molar-refractivity contribution in [3.05, 3.63) is 53.7 Å². The van der Waals surface area contributed by atoms with Gasteiger partial charge in [0.15, 0.2) is 5.82 Å². The van der Waals surface area contributed by atoms with Crippen molar-refractivity contribution in [3.63, 3.8) is 0 Å². The van der Waals surface area contributed by atoms with Crippen LogP contribution in [0.15, 0.2) is 48.7 Å². The highest BCUT2D eigenvalue weighted by Gasteiger charge is 2.27. The van der Waals surface area contributed by atoms with Crippen LogP contribution >= 0.6 is 18.7 Å². The van der Waals surface area contributed by atoms with Gasteiger partial charge >= 0.3 is 0 Å². The van der Waals surface area contributed by atoms with Gasteiger partial charge in [-0.3, -0.25) is 0 Å². The van der Waals surface area contributed by atoms with Crippen LogP contribution in [0, 0.1) is 0 Å². The van der Waals surface area contributed by atoms with Gasteiger partial charge in [0.1, 0.15) is 17.9 Å². The maximum Gasteiger partial charge on any atom is 0.229 e. The molecule has 0 unspecified atom stereocenters. The third-order valence-corrected chi connectivity index (χ3v) is 9.23. The normalized spacial score (nSPS) is 17.0. The van der Waals surface area contributed by atoms with Gasteiger partial charge in [-0.1, -0.05) is 23.7 Å². The number of hydrogen-bond acceptors (Lipinski definition) is 8. The molecule has 0 saturated carbocycles. The number of piperidine rings is 1. The Kier molecular flexibility index (Phi) is 8.12. The van der Waals surface area contributed by atoms with Crippen molar-refractivity contribution in [1.29, 1.82) is 0 Å². The number of aromatic nitrogens is 2. The standard InChI is InChI=1S/C28H36ClN6O2P/c1-37-25-18-21(35-16-12-20(13-17-35)34-14-6-7-15-34)10-11-23(25)32-28-30-19-22(29)27(33-28)31-24-8-4-5-9-26(24)38(2,3)36/h4-5,8-11,18-20H,6-7,12-17H2,1-3H3,(H2,30,31,32,33). The molecule has 0 spiro atoms. The van der Waals surface area contributed by atoms with Gasteiger partial charge in [-0.15, -0.1) is 0 Å². The van der Waals surface area contributed by atoms with Gasteiger partial charge in [-0.05, 0) is 76.4 Å². The van der Waals surface area contributed by atoms with Crippen molar-refractivity contribution in [2.24, 2.45) is 0 Å². The minimum Gasteiger partial charge on any atom is -0.494 e. The van der Waals surface area contributed by atoms with Crippen LogP contribution in [0.1, 0.15) is 25.7 Å². The number of para-hydroxylation sites is 1. The molecule has 8 nitrogen and oxygen atoms in total. The van der Waals surface area contributed by atoms with E-state index in [1.807, 2.05) is 30.3 Å². The Morgan fingerprint density at radius 1 is 1.00 bits per heavy atom. The molecule has 3 aromatic rings. The van der Waals surface area contributed by atoms with Gasteiger partial charge in [-0.2, -0.15) is 4.98 Å². The maximum absolute atomic E-state index is 12.8. The summed E-state index contributed by atoms with van der Waals surface area (Å²) in [6, 6.07) is 14.4. The van der Waals surface area contributed by atoms with E-state index in [-0.39, 0.29) is 0 Å². The Labute approximate surface area is 230 Å². The van der Waals surface area contributed by atoms with Gasteiger partial charge < -0.3 is 29.7 Å². The fourth-order valence-corrected chi connectivity index (χ4v) is 6.68. The molecule has 0 bridgehead atoms. The number of rotatable bonds is 8. The summed E-state index contributed by atoms with van der Waals surface area (Å²) in [7, 11) is -0.828. The quantitative estimate of drug-likeness (QED) is 0.331. The van der Waals surface area contributed by atoms with Gasteiger partial charge in [0.2, 0.25) is 5.95 Å². The lowest BCUT2D eigenvalue weighted by Gasteiger charge is -2.38. The number of ether oxygens (including phenoxy) is 1. The van der Waals surface area contributed by atoms with Crippen LogP contribution in [0.5, 0.6) is 5.75 Å². The topological polar surface area (TPSA) is 82.6 Å². The first-order chi connectivity index (χ1) is 18.3. The number of methoxy groups -OCH3 is 1. The zero-order valence-electron chi connectivity index (χ0n) is 22.3. The average Bonchev–Trinajstić information content (AvgIpc) is 3.46. The molecule has 2 aliphatic heterocycles. The highest BCUT2D eigenvalue weighted by molar-refractivity contribution is 7.70. The van der Waals surface area contributed by atoms with E-state index in [2.05, 4.69) is 42.5 Å². The fraction of sp³-hybridized carbons (Fsp3) is 0.429. The molecular formula is C28H36ClN6O2P. The Morgan fingerprint density at radius 2 is 1.74 bits per heavy atom. The van der Waals surface area contributed by atoms with Crippen LogP contribution in [0.4, 0.5) is 28.8 Å². The second-order valence-corrected chi connectivity index (χ2v) is 13.9. The molecule has 2 saturated heterocycles. The van der Waals surface area contributed by atoms with Gasteiger partial charge in [0.25, 0.3) is 0 Å². The third kappa shape index (κ3) is 6.09. The smallest absolute Gasteiger partial charge is 0.229 e. The first-order valence-corrected chi connectivity index (χ1v) is 16.2. The van der Waals surface area contributed by atoms with Gasteiger partial charge in [0, 0.05) is 36.2 Å². The van der Waals surface area contributed by atoms with Crippen molar-refractivity contribution in [3.8, 4) is 5.75 Å². The number of nitrogens with zero attached hydrogens (tertiary/aromatic N) is 4. The Hall–Kier alpha value is -2.80. The molecular weight excluding hydrogens is 519 g/mol. The molecule has 38 heavy (non-hydrogen) atoms. The molecule has 10 heteroatoms. The molecule has 2 aliphatic rings. The largest absolute Gasteiger partial charge is 0.494 e. The zero-order chi connectivity index (χ0) is 26.7. The maximum atomic E-state index is 12.8. The van der Waals surface area contributed by atoms with E-state index in [9.17, 15) is 4.57 Å². The molecule has 0 aliphatic carbocycles. The molecule has 0 radical (unpaired) electrons. The zero-order valence-corrected chi connectivity index (χ0v) is 23.9. The van der Waals surface area contributed by atoms with Crippen LogP contribution in [0.25, 0.3) is 0 Å². The molecule has 3 heterocycles. The molecule has 2 fully saturated rings. The highest BCUT2D eigenvalue weighted by Crippen LogP contribution is 2.39. The summed E-state index contributed by atoms with van der Waals surface area (Å²) in [4.78, 5) is 14.1. The average molecular weight is 555 g/mol. The number of halogens is 1. The molecule has 5 rings (SSSR count). The van der Waals surface area contributed by atoms with Gasteiger partial charge in [0.05, 0.1) is 24.7 Å². The second-order valence-electron chi connectivity index (χ2n) is 10.4. The van der Waals surface area contributed by atoms with E-state index < -0.39 is 7.14 Å². The third-order valence-electron chi connectivity index (χ3n) is 7.40. The van der Waals surface area contributed by atoms with Crippen LogP contribution in [0.2, 0.25) is 5.02 Å². The molecule has 1 aromatic heterocycles. The predicted molar refractivity (Wildman–Crippen MR) is 158 cm³/mol. The molecule has 0 amide bonds. The first-order valence-electron chi connectivity index (χ1n) is 13.2. The monoisotopic (exact) mass is 554 g/mol. The van der Waals surface area contributed by atoms with Crippen molar-refractivity contribution in [1.82, 2.24) is 14.9 Å². The molecule has 0 atom stereocenters. The lowest BCUT2D eigenvalue weighted by Crippen LogP contribution is -2.43. The van der Waals surface area contributed by atoms with E-state index in [1.54, 1.807) is 26.6 Å². The minimum absolute atomic E-state index is 0.368. The number of likely N-dealkylation sites (tertiary alicyclic amines) is 1. The molecule has 202 valence electrons. The Balaban J connectivity index is 1.30.